The largest absolute Gasteiger partial charge is 0.461 e. The second kappa shape index (κ2) is 7.07. The Balaban J connectivity index is 1.45. The van der Waals surface area contributed by atoms with Gasteiger partial charge in [0.25, 0.3) is 11.7 Å². The smallest absolute Gasteiger partial charge is 0.295 e. The lowest BCUT2D eigenvalue weighted by Gasteiger charge is -2.40. The fraction of sp³-hybridized carbons (Fsp3) is 0.667. The number of Topliss-reactive ketones (excluding diaryl/α,β-unsaturated/α-hetero) is 1. The van der Waals surface area contributed by atoms with Gasteiger partial charge in [0.15, 0.2) is 5.76 Å². The molecule has 2 saturated heterocycles. The van der Waals surface area contributed by atoms with E-state index in [0.717, 1.165) is 38.8 Å². The Bertz CT molecular complexity index is 574. The van der Waals surface area contributed by atoms with Gasteiger partial charge in [-0.2, -0.15) is 0 Å². The number of nitrogens with one attached hydrogen (secondary N) is 1. The van der Waals surface area contributed by atoms with Crippen LogP contribution in [0.4, 0.5) is 0 Å². The molecule has 132 valence electrons. The van der Waals surface area contributed by atoms with Crippen LogP contribution >= 0.6 is 0 Å². The standard InChI is InChI=1S/C18H26N2O4/c1-13(2)20-9-7-18(8-10-20)6-5-14(24-18)12-19-17(22)16(21)15-4-3-11-23-15/h3-4,11,13-14H,5-10,12H2,1-2H3,(H,19,22)/t14-/m0/s1. The molecule has 2 fully saturated rings. The summed E-state index contributed by atoms with van der Waals surface area (Å²) in [6.07, 6.45) is 5.42. The van der Waals surface area contributed by atoms with E-state index in [2.05, 4.69) is 24.1 Å². The quantitative estimate of drug-likeness (QED) is 0.659. The van der Waals surface area contributed by atoms with Crippen molar-refractivity contribution in [2.45, 2.75) is 57.3 Å². The first-order valence-corrected chi connectivity index (χ1v) is 8.77. The maximum atomic E-state index is 11.9. The normalized spacial score (nSPS) is 23.7. The molecular weight excluding hydrogens is 308 g/mol. The van der Waals surface area contributed by atoms with Crippen LogP contribution in [-0.4, -0.2) is 54.0 Å². The summed E-state index contributed by atoms with van der Waals surface area (Å²) in [5, 5.41) is 2.68. The molecule has 3 rings (SSSR count). The van der Waals surface area contributed by atoms with Crippen LogP contribution in [0.5, 0.6) is 0 Å². The Hall–Kier alpha value is -1.66. The van der Waals surface area contributed by atoms with Gasteiger partial charge in [-0.25, -0.2) is 0 Å². The molecule has 0 unspecified atom stereocenters. The van der Waals surface area contributed by atoms with Crippen LogP contribution in [0.2, 0.25) is 0 Å². The highest BCUT2D eigenvalue weighted by Crippen LogP contribution is 2.39. The number of amides is 1. The third kappa shape index (κ3) is 3.70. The number of likely N-dealkylation sites (tertiary alicyclic amines) is 1. The fourth-order valence-corrected chi connectivity index (χ4v) is 3.66. The van der Waals surface area contributed by atoms with Gasteiger partial charge in [-0.05, 0) is 51.7 Å². The van der Waals surface area contributed by atoms with Gasteiger partial charge in [0.1, 0.15) is 0 Å². The number of carbonyl (C=O) groups excluding carboxylic acids is 2. The molecule has 1 atom stereocenters. The molecule has 6 nitrogen and oxygen atoms in total. The predicted molar refractivity (Wildman–Crippen MR) is 88.8 cm³/mol. The van der Waals surface area contributed by atoms with E-state index in [0.29, 0.717) is 12.6 Å². The minimum Gasteiger partial charge on any atom is -0.461 e. The summed E-state index contributed by atoms with van der Waals surface area (Å²) < 4.78 is 11.2. The van der Waals surface area contributed by atoms with Gasteiger partial charge in [-0.3, -0.25) is 9.59 Å². The zero-order valence-corrected chi connectivity index (χ0v) is 14.4. The highest BCUT2D eigenvalue weighted by Gasteiger charge is 2.42. The lowest BCUT2D eigenvalue weighted by atomic mass is 9.88. The van der Waals surface area contributed by atoms with E-state index in [9.17, 15) is 9.59 Å². The van der Waals surface area contributed by atoms with Crippen molar-refractivity contribution >= 4 is 11.7 Å². The van der Waals surface area contributed by atoms with Crippen molar-refractivity contribution in [3.8, 4) is 0 Å². The Labute approximate surface area is 142 Å². The number of ketones is 1. The van der Waals surface area contributed by atoms with E-state index < -0.39 is 11.7 Å². The number of hydrogen-bond acceptors (Lipinski definition) is 5. The zero-order valence-electron chi connectivity index (χ0n) is 14.4. The SMILES string of the molecule is CC(C)N1CCC2(CC[C@@H](CNC(=O)C(=O)c3ccco3)O2)CC1. The number of rotatable bonds is 5. The maximum Gasteiger partial charge on any atom is 0.295 e. The van der Waals surface area contributed by atoms with Crippen LogP contribution in [-0.2, 0) is 9.53 Å². The Morgan fingerprint density at radius 2 is 2.08 bits per heavy atom. The number of piperidine rings is 1. The molecule has 0 aromatic carbocycles. The third-order valence-electron chi connectivity index (χ3n) is 5.22. The molecule has 2 aliphatic rings. The summed E-state index contributed by atoms with van der Waals surface area (Å²) in [5.41, 5.74) is -0.0359. The monoisotopic (exact) mass is 334 g/mol. The van der Waals surface area contributed by atoms with Gasteiger partial charge in [0, 0.05) is 25.7 Å². The van der Waals surface area contributed by atoms with Crippen molar-refractivity contribution in [2.24, 2.45) is 0 Å². The molecule has 0 saturated carbocycles. The van der Waals surface area contributed by atoms with Crippen LogP contribution < -0.4 is 5.32 Å². The van der Waals surface area contributed by atoms with Crippen molar-refractivity contribution in [3.05, 3.63) is 24.2 Å². The highest BCUT2D eigenvalue weighted by molar-refractivity contribution is 6.42. The van der Waals surface area contributed by atoms with Crippen LogP contribution in [0.3, 0.4) is 0 Å². The van der Waals surface area contributed by atoms with Crippen molar-refractivity contribution < 1.29 is 18.7 Å². The number of hydrogen-bond donors (Lipinski definition) is 1. The molecule has 3 heterocycles. The van der Waals surface area contributed by atoms with Crippen LogP contribution in [0.1, 0.15) is 50.1 Å². The van der Waals surface area contributed by atoms with Crippen LogP contribution in [0.15, 0.2) is 22.8 Å². The summed E-state index contributed by atoms with van der Waals surface area (Å²) in [6.45, 7) is 6.95. The summed E-state index contributed by atoms with van der Waals surface area (Å²) in [4.78, 5) is 26.2. The van der Waals surface area contributed by atoms with Gasteiger partial charge in [-0.15, -0.1) is 0 Å². The Morgan fingerprint density at radius 1 is 1.33 bits per heavy atom. The predicted octanol–water partition coefficient (Wildman–Crippen LogP) is 2.00. The molecule has 24 heavy (non-hydrogen) atoms. The molecule has 1 amide bonds. The summed E-state index contributed by atoms with van der Waals surface area (Å²) in [6, 6.07) is 3.66. The maximum absolute atomic E-state index is 11.9. The Kier molecular flexibility index (Phi) is 5.06. The Morgan fingerprint density at radius 3 is 2.71 bits per heavy atom. The molecule has 2 aliphatic heterocycles. The topological polar surface area (TPSA) is 71.8 Å². The lowest BCUT2D eigenvalue weighted by Crippen LogP contribution is -2.47. The molecule has 0 aliphatic carbocycles. The van der Waals surface area contributed by atoms with Crippen molar-refractivity contribution in [2.75, 3.05) is 19.6 Å². The van der Waals surface area contributed by atoms with E-state index in [4.69, 9.17) is 9.15 Å². The first-order chi connectivity index (χ1) is 11.5. The average Bonchev–Trinajstić information content (AvgIpc) is 3.23. The molecule has 0 bridgehead atoms. The molecule has 1 aromatic heterocycles. The minimum atomic E-state index is -0.641. The molecule has 0 radical (unpaired) electrons. The van der Waals surface area contributed by atoms with Crippen molar-refractivity contribution in [1.29, 1.82) is 0 Å². The number of carbonyl (C=O) groups is 2. The van der Waals surface area contributed by atoms with Crippen LogP contribution in [0, 0.1) is 0 Å². The van der Waals surface area contributed by atoms with E-state index in [1.54, 1.807) is 6.07 Å². The van der Waals surface area contributed by atoms with E-state index in [1.165, 1.54) is 12.3 Å². The molecule has 6 heteroatoms. The number of nitrogens with zero attached hydrogens (tertiary/aromatic N) is 1. The molecule has 1 N–H and O–H groups in total. The van der Waals surface area contributed by atoms with Gasteiger partial charge < -0.3 is 19.4 Å². The lowest BCUT2D eigenvalue weighted by molar-refractivity contribution is -0.119. The average molecular weight is 334 g/mol. The molecular formula is C18H26N2O4. The second-order valence-corrected chi connectivity index (χ2v) is 7.11. The fourth-order valence-electron chi connectivity index (χ4n) is 3.66. The van der Waals surface area contributed by atoms with Crippen molar-refractivity contribution in [1.82, 2.24) is 10.2 Å². The first kappa shape index (κ1) is 17.2. The number of ether oxygens (including phenoxy) is 1. The summed E-state index contributed by atoms with van der Waals surface area (Å²) >= 11 is 0. The summed E-state index contributed by atoms with van der Waals surface area (Å²) in [5.74, 6) is -1.21. The van der Waals surface area contributed by atoms with E-state index >= 15 is 0 Å². The van der Waals surface area contributed by atoms with Gasteiger partial charge in [0.2, 0.25) is 0 Å². The van der Waals surface area contributed by atoms with Gasteiger partial charge in [-0.1, -0.05) is 0 Å². The summed E-state index contributed by atoms with van der Waals surface area (Å²) in [7, 11) is 0. The second-order valence-electron chi connectivity index (χ2n) is 7.11. The van der Waals surface area contributed by atoms with Crippen molar-refractivity contribution in [3.63, 3.8) is 0 Å². The van der Waals surface area contributed by atoms with Crippen LogP contribution in [0.25, 0.3) is 0 Å². The first-order valence-electron chi connectivity index (χ1n) is 8.77. The number of furan rings is 1. The molecule has 1 spiro atoms. The third-order valence-corrected chi connectivity index (χ3v) is 5.22. The molecule has 1 aromatic rings. The minimum absolute atomic E-state index is 0.0102. The highest BCUT2D eigenvalue weighted by atomic mass is 16.5. The van der Waals surface area contributed by atoms with E-state index in [1.807, 2.05) is 0 Å². The van der Waals surface area contributed by atoms with E-state index in [-0.39, 0.29) is 17.5 Å². The zero-order chi connectivity index (χ0) is 17.2. The van der Waals surface area contributed by atoms with Gasteiger partial charge >= 0.3 is 0 Å². The van der Waals surface area contributed by atoms with Gasteiger partial charge in [0.05, 0.1) is 18.0 Å².